The lowest BCUT2D eigenvalue weighted by atomic mass is 10.2. The number of thiol groups is 1. The van der Waals surface area contributed by atoms with E-state index in [4.69, 9.17) is 14.2 Å². The largest absolute Gasteiger partial charge is 0.382 e. The van der Waals surface area contributed by atoms with Gasteiger partial charge in [-0.1, -0.05) is 12.8 Å². The van der Waals surface area contributed by atoms with Crippen molar-refractivity contribution in [1.82, 2.24) is 0 Å². The van der Waals surface area contributed by atoms with Crippen molar-refractivity contribution in [3.63, 3.8) is 0 Å². The molecule has 0 radical (unpaired) electrons. The van der Waals surface area contributed by atoms with E-state index >= 15 is 0 Å². The van der Waals surface area contributed by atoms with Crippen LogP contribution in [0.25, 0.3) is 0 Å². The van der Waals surface area contributed by atoms with Gasteiger partial charge in [0, 0.05) is 26.9 Å². The molecule has 16 heavy (non-hydrogen) atoms. The highest BCUT2D eigenvalue weighted by Gasteiger charge is 1.92. The van der Waals surface area contributed by atoms with Gasteiger partial charge in [0.2, 0.25) is 0 Å². The van der Waals surface area contributed by atoms with E-state index in [1.165, 1.54) is 19.3 Å². The van der Waals surface area contributed by atoms with Crippen molar-refractivity contribution in [2.45, 2.75) is 32.1 Å². The molecule has 0 aliphatic carbocycles. The standard InChI is InChI=1S/C12H26O3S/c1-13-10-11-15-9-6-8-14-7-4-2-3-5-12-16/h16H,2-12H2,1H3. The minimum Gasteiger partial charge on any atom is -0.382 e. The fourth-order valence-electron chi connectivity index (χ4n) is 1.28. The molecule has 0 saturated carbocycles. The van der Waals surface area contributed by atoms with E-state index < -0.39 is 0 Å². The van der Waals surface area contributed by atoms with Crippen molar-refractivity contribution in [2.75, 3.05) is 45.9 Å². The zero-order valence-corrected chi connectivity index (χ0v) is 11.3. The number of rotatable bonds is 13. The van der Waals surface area contributed by atoms with Gasteiger partial charge in [0.25, 0.3) is 0 Å². The predicted molar refractivity (Wildman–Crippen MR) is 70.5 cm³/mol. The molecule has 4 heteroatoms. The average molecular weight is 250 g/mol. The Bertz CT molecular complexity index is 109. The highest BCUT2D eigenvalue weighted by atomic mass is 32.1. The minimum atomic E-state index is 0.673. The minimum absolute atomic E-state index is 0.673. The van der Waals surface area contributed by atoms with Crippen LogP contribution in [0.15, 0.2) is 0 Å². The molecule has 0 aliphatic rings. The zero-order valence-electron chi connectivity index (χ0n) is 10.5. The van der Waals surface area contributed by atoms with Crippen molar-refractivity contribution in [2.24, 2.45) is 0 Å². The van der Waals surface area contributed by atoms with Gasteiger partial charge in [-0.3, -0.25) is 0 Å². The molecule has 0 N–H and O–H groups in total. The Morgan fingerprint density at radius 1 is 0.688 bits per heavy atom. The molecule has 0 rings (SSSR count). The molecular formula is C12H26O3S. The van der Waals surface area contributed by atoms with Crippen LogP contribution in [0.1, 0.15) is 32.1 Å². The molecule has 0 aromatic carbocycles. The first-order valence-electron chi connectivity index (χ1n) is 6.17. The van der Waals surface area contributed by atoms with Crippen LogP contribution in [0, 0.1) is 0 Å². The summed E-state index contributed by atoms with van der Waals surface area (Å²) in [6, 6.07) is 0. The van der Waals surface area contributed by atoms with Crippen molar-refractivity contribution in [3.05, 3.63) is 0 Å². The highest BCUT2D eigenvalue weighted by Crippen LogP contribution is 2.01. The van der Waals surface area contributed by atoms with Crippen molar-refractivity contribution >= 4 is 12.6 Å². The molecular weight excluding hydrogens is 224 g/mol. The summed E-state index contributed by atoms with van der Waals surface area (Å²) in [5.74, 6) is 1.000. The van der Waals surface area contributed by atoms with Crippen LogP contribution in [0.4, 0.5) is 0 Å². The molecule has 0 bridgehead atoms. The molecule has 0 amide bonds. The van der Waals surface area contributed by atoms with E-state index in [1.54, 1.807) is 7.11 Å². The van der Waals surface area contributed by atoms with Crippen LogP contribution in [0.2, 0.25) is 0 Å². The monoisotopic (exact) mass is 250 g/mol. The predicted octanol–water partition coefficient (Wildman–Crippen LogP) is 2.55. The molecule has 3 nitrogen and oxygen atoms in total. The summed E-state index contributed by atoms with van der Waals surface area (Å²) in [6.45, 7) is 3.80. The molecule has 0 aliphatic heterocycles. The van der Waals surface area contributed by atoms with E-state index in [2.05, 4.69) is 12.6 Å². The molecule has 0 spiro atoms. The van der Waals surface area contributed by atoms with Crippen LogP contribution < -0.4 is 0 Å². The van der Waals surface area contributed by atoms with E-state index in [0.29, 0.717) is 13.2 Å². The summed E-state index contributed by atoms with van der Waals surface area (Å²) in [5, 5.41) is 0. The molecule has 98 valence electrons. The number of methoxy groups -OCH3 is 1. The summed E-state index contributed by atoms with van der Waals surface area (Å²) in [5.41, 5.74) is 0. The Morgan fingerprint density at radius 2 is 1.31 bits per heavy atom. The van der Waals surface area contributed by atoms with Crippen LogP contribution in [-0.2, 0) is 14.2 Å². The maximum Gasteiger partial charge on any atom is 0.0700 e. The van der Waals surface area contributed by atoms with Crippen LogP contribution in [0.3, 0.4) is 0 Å². The lowest BCUT2D eigenvalue weighted by Gasteiger charge is -2.05. The normalized spacial score (nSPS) is 10.9. The van der Waals surface area contributed by atoms with Crippen LogP contribution in [-0.4, -0.2) is 45.9 Å². The van der Waals surface area contributed by atoms with Gasteiger partial charge in [0.05, 0.1) is 13.2 Å². The maximum atomic E-state index is 5.49. The first-order valence-corrected chi connectivity index (χ1v) is 6.80. The van der Waals surface area contributed by atoms with Gasteiger partial charge in [0.1, 0.15) is 0 Å². The smallest absolute Gasteiger partial charge is 0.0700 e. The Kier molecular flexibility index (Phi) is 15.4. The topological polar surface area (TPSA) is 27.7 Å². The van der Waals surface area contributed by atoms with Gasteiger partial charge in [-0.15, -0.1) is 0 Å². The van der Waals surface area contributed by atoms with Gasteiger partial charge >= 0.3 is 0 Å². The first kappa shape index (κ1) is 16.2. The lowest BCUT2D eigenvalue weighted by molar-refractivity contribution is 0.0508. The third-order valence-electron chi connectivity index (χ3n) is 2.21. The average Bonchev–Trinajstić information content (AvgIpc) is 2.31. The second-order valence-electron chi connectivity index (χ2n) is 3.71. The number of unbranched alkanes of at least 4 members (excludes halogenated alkanes) is 3. The fraction of sp³-hybridized carbons (Fsp3) is 1.00. The Balaban J connectivity index is 2.83. The van der Waals surface area contributed by atoms with E-state index in [-0.39, 0.29) is 0 Å². The molecule has 0 heterocycles. The SMILES string of the molecule is COCCOCCCOCCCCCCS. The van der Waals surface area contributed by atoms with Gasteiger partial charge in [-0.2, -0.15) is 12.6 Å². The molecule has 0 saturated heterocycles. The summed E-state index contributed by atoms with van der Waals surface area (Å²) in [4.78, 5) is 0. The first-order chi connectivity index (χ1) is 7.91. The molecule has 0 unspecified atom stereocenters. The maximum absolute atomic E-state index is 5.49. The zero-order chi connectivity index (χ0) is 11.9. The summed E-state index contributed by atoms with van der Waals surface area (Å²) in [7, 11) is 1.68. The van der Waals surface area contributed by atoms with Crippen molar-refractivity contribution < 1.29 is 14.2 Å². The Hall–Kier alpha value is 0.230. The lowest BCUT2D eigenvalue weighted by Crippen LogP contribution is -2.06. The second kappa shape index (κ2) is 15.2. The summed E-state index contributed by atoms with van der Waals surface area (Å²) >= 11 is 4.17. The number of ether oxygens (including phenoxy) is 3. The van der Waals surface area contributed by atoms with Crippen LogP contribution >= 0.6 is 12.6 Å². The molecule has 0 aromatic rings. The second-order valence-corrected chi connectivity index (χ2v) is 4.16. The van der Waals surface area contributed by atoms with Crippen LogP contribution in [0.5, 0.6) is 0 Å². The van der Waals surface area contributed by atoms with Crippen molar-refractivity contribution in [3.8, 4) is 0 Å². The Labute approximate surface area is 105 Å². The number of hydrogen-bond acceptors (Lipinski definition) is 4. The third-order valence-corrected chi connectivity index (χ3v) is 2.52. The van der Waals surface area contributed by atoms with E-state index in [0.717, 1.165) is 38.4 Å². The highest BCUT2D eigenvalue weighted by molar-refractivity contribution is 7.80. The summed E-state index contributed by atoms with van der Waals surface area (Å²) < 4.78 is 15.7. The fourth-order valence-corrected chi connectivity index (χ4v) is 1.50. The van der Waals surface area contributed by atoms with Crippen molar-refractivity contribution in [1.29, 1.82) is 0 Å². The van der Waals surface area contributed by atoms with Gasteiger partial charge in [-0.05, 0) is 25.0 Å². The summed E-state index contributed by atoms with van der Waals surface area (Å²) in [6.07, 6.45) is 5.88. The molecule has 0 aromatic heterocycles. The van der Waals surface area contributed by atoms with Gasteiger partial charge in [-0.25, -0.2) is 0 Å². The van der Waals surface area contributed by atoms with E-state index in [9.17, 15) is 0 Å². The number of hydrogen-bond donors (Lipinski definition) is 1. The van der Waals surface area contributed by atoms with Gasteiger partial charge in [0.15, 0.2) is 0 Å². The molecule has 0 fully saturated rings. The van der Waals surface area contributed by atoms with E-state index in [1.807, 2.05) is 0 Å². The third kappa shape index (κ3) is 14.2. The Morgan fingerprint density at radius 3 is 2.00 bits per heavy atom. The molecule has 0 atom stereocenters. The quantitative estimate of drug-likeness (QED) is 0.402. The van der Waals surface area contributed by atoms with Gasteiger partial charge < -0.3 is 14.2 Å².